The number of ketones is 1. The molecule has 0 saturated heterocycles. The van der Waals surface area contributed by atoms with Gasteiger partial charge in [0.05, 0.1) is 11.4 Å². The molecule has 1 aromatic carbocycles. The summed E-state index contributed by atoms with van der Waals surface area (Å²) in [5.41, 5.74) is 2.61. The van der Waals surface area contributed by atoms with Crippen molar-refractivity contribution < 1.29 is 9.18 Å². The third-order valence-electron chi connectivity index (χ3n) is 3.18. The molecule has 0 fully saturated rings. The molecule has 0 atom stereocenters. The van der Waals surface area contributed by atoms with Crippen LogP contribution in [0.3, 0.4) is 0 Å². The summed E-state index contributed by atoms with van der Waals surface area (Å²) >= 11 is 5.58. The van der Waals surface area contributed by atoms with Crippen LogP contribution in [-0.2, 0) is 0 Å². The van der Waals surface area contributed by atoms with E-state index in [4.69, 9.17) is 16.9 Å². The first-order valence-corrected chi connectivity index (χ1v) is 6.51. The number of halogens is 2. The molecule has 0 bridgehead atoms. The van der Waals surface area contributed by atoms with Crippen molar-refractivity contribution in [1.29, 1.82) is 5.26 Å². The van der Waals surface area contributed by atoms with Gasteiger partial charge in [-0.1, -0.05) is 0 Å². The SMILES string of the molecule is Cc1cc(C(=O)CCl)c(C)n1-c1ccc(C#N)c(F)c1. The monoisotopic (exact) mass is 290 g/mol. The third-order valence-corrected chi connectivity index (χ3v) is 3.43. The lowest BCUT2D eigenvalue weighted by Crippen LogP contribution is -2.04. The Morgan fingerprint density at radius 3 is 2.65 bits per heavy atom. The third kappa shape index (κ3) is 2.33. The Labute approximate surface area is 121 Å². The Bertz CT molecular complexity index is 728. The summed E-state index contributed by atoms with van der Waals surface area (Å²) in [4.78, 5) is 11.7. The summed E-state index contributed by atoms with van der Waals surface area (Å²) in [6, 6.07) is 7.87. The molecule has 0 aliphatic carbocycles. The fourth-order valence-electron chi connectivity index (χ4n) is 2.25. The fourth-order valence-corrected chi connectivity index (χ4v) is 2.39. The van der Waals surface area contributed by atoms with Crippen molar-refractivity contribution in [1.82, 2.24) is 4.57 Å². The van der Waals surface area contributed by atoms with E-state index in [2.05, 4.69) is 0 Å². The normalized spacial score (nSPS) is 10.3. The highest BCUT2D eigenvalue weighted by molar-refractivity contribution is 6.30. The molecule has 0 radical (unpaired) electrons. The molecule has 0 spiro atoms. The topological polar surface area (TPSA) is 45.8 Å². The van der Waals surface area contributed by atoms with Crippen molar-refractivity contribution in [3.8, 4) is 11.8 Å². The van der Waals surface area contributed by atoms with Gasteiger partial charge in [0.25, 0.3) is 0 Å². The highest BCUT2D eigenvalue weighted by Crippen LogP contribution is 2.23. The first kappa shape index (κ1) is 14.3. The largest absolute Gasteiger partial charge is 0.318 e. The highest BCUT2D eigenvalue weighted by Gasteiger charge is 2.16. The van der Waals surface area contributed by atoms with E-state index in [1.54, 1.807) is 29.7 Å². The first-order chi connectivity index (χ1) is 9.49. The smallest absolute Gasteiger partial charge is 0.179 e. The Hall–Kier alpha value is -2.12. The number of carbonyl (C=O) groups is 1. The van der Waals surface area contributed by atoms with E-state index in [-0.39, 0.29) is 17.2 Å². The van der Waals surface area contributed by atoms with Crippen molar-refractivity contribution in [2.45, 2.75) is 13.8 Å². The number of rotatable bonds is 3. The molecule has 0 amide bonds. The molecule has 0 unspecified atom stereocenters. The number of nitrogens with zero attached hydrogens (tertiary/aromatic N) is 2. The number of aryl methyl sites for hydroxylation is 1. The summed E-state index contributed by atoms with van der Waals surface area (Å²) in [5, 5.41) is 8.74. The van der Waals surface area contributed by atoms with Crippen LogP contribution in [0.15, 0.2) is 24.3 Å². The number of hydrogen-bond donors (Lipinski definition) is 0. The second kappa shape index (κ2) is 5.48. The molecule has 0 N–H and O–H groups in total. The van der Waals surface area contributed by atoms with E-state index < -0.39 is 5.82 Å². The minimum atomic E-state index is -0.581. The van der Waals surface area contributed by atoms with Gasteiger partial charge in [0, 0.05) is 22.6 Å². The molecule has 3 nitrogen and oxygen atoms in total. The first-order valence-electron chi connectivity index (χ1n) is 5.97. The molecule has 0 saturated carbocycles. The zero-order valence-electron chi connectivity index (χ0n) is 11.1. The Kier molecular flexibility index (Phi) is 3.91. The number of aromatic nitrogens is 1. The summed E-state index contributed by atoms with van der Waals surface area (Å²) in [5.74, 6) is -0.839. The predicted molar refractivity (Wildman–Crippen MR) is 75.0 cm³/mol. The fraction of sp³-hybridized carbons (Fsp3) is 0.200. The lowest BCUT2D eigenvalue weighted by atomic mass is 10.2. The number of benzene rings is 1. The molecule has 102 valence electrons. The summed E-state index contributed by atoms with van der Waals surface area (Å²) in [6.45, 7) is 3.61. The van der Waals surface area contributed by atoms with Gasteiger partial charge in [-0.3, -0.25) is 4.79 Å². The quantitative estimate of drug-likeness (QED) is 0.641. The number of carbonyl (C=O) groups excluding carboxylic acids is 1. The molecule has 2 aromatic rings. The Balaban J connectivity index is 2.59. The van der Waals surface area contributed by atoms with Crippen molar-refractivity contribution in [3.05, 3.63) is 52.6 Å². The van der Waals surface area contributed by atoms with Crippen molar-refractivity contribution in [3.63, 3.8) is 0 Å². The van der Waals surface area contributed by atoms with Gasteiger partial charge < -0.3 is 4.57 Å². The van der Waals surface area contributed by atoms with Crippen LogP contribution in [0.4, 0.5) is 4.39 Å². The molecule has 2 rings (SSSR count). The summed E-state index contributed by atoms with van der Waals surface area (Å²) < 4.78 is 15.5. The lowest BCUT2D eigenvalue weighted by Gasteiger charge is -2.10. The zero-order chi connectivity index (χ0) is 14.9. The van der Waals surface area contributed by atoms with Crippen LogP contribution in [0.5, 0.6) is 0 Å². The lowest BCUT2D eigenvalue weighted by molar-refractivity contribution is 0.102. The maximum absolute atomic E-state index is 13.7. The van der Waals surface area contributed by atoms with Crippen LogP contribution >= 0.6 is 11.6 Å². The van der Waals surface area contributed by atoms with Crippen LogP contribution in [0.2, 0.25) is 0 Å². The standard InChI is InChI=1S/C15H12ClFN2O/c1-9-5-13(15(20)7-16)10(2)19(9)12-4-3-11(8-18)14(17)6-12/h3-6H,7H2,1-2H3. The minimum absolute atomic E-state index is 0.00623. The van der Waals surface area contributed by atoms with Crippen molar-refractivity contribution >= 4 is 17.4 Å². The molecule has 1 heterocycles. The van der Waals surface area contributed by atoms with Gasteiger partial charge >= 0.3 is 0 Å². The summed E-state index contributed by atoms with van der Waals surface area (Å²) in [6.07, 6.45) is 0. The van der Waals surface area contributed by atoms with E-state index in [0.29, 0.717) is 16.9 Å². The Morgan fingerprint density at radius 1 is 1.40 bits per heavy atom. The van der Waals surface area contributed by atoms with E-state index in [1.165, 1.54) is 12.1 Å². The van der Waals surface area contributed by atoms with Crippen LogP contribution < -0.4 is 0 Å². The minimum Gasteiger partial charge on any atom is -0.318 e. The number of nitriles is 1. The maximum Gasteiger partial charge on any atom is 0.179 e. The Morgan fingerprint density at radius 2 is 2.10 bits per heavy atom. The van der Waals surface area contributed by atoms with E-state index in [1.807, 2.05) is 6.92 Å². The second-order valence-electron chi connectivity index (χ2n) is 4.45. The van der Waals surface area contributed by atoms with Gasteiger partial charge in [0.2, 0.25) is 0 Å². The van der Waals surface area contributed by atoms with E-state index in [9.17, 15) is 9.18 Å². The predicted octanol–water partition coefficient (Wildman–Crippen LogP) is 3.53. The van der Waals surface area contributed by atoms with E-state index >= 15 is 0 Å². The molecule has 0 aliphatic heterocycles. The van der Waals surface area contributed by atoms with Gasteiger partial charge in [0.15, 0.2) is 5.78 Å². The molecular weight excluding hydrogens is 279 g/mol. The van der Waals surface area contributed by atoms with Gasteiger partial charge in [-0.25, -0.2) is 4.39 Å². The second-order valence-corrected chi connectivity index (χ2v) is 4.72. The highest BCUT2D eigenvalue weighted by atomic mass is 35.5. The molecule has 1 aromatic heterocycles. The van der Waals surface area contributed by atoms with Gasteiger partial charge in [-0.2, -0.15) is 5.26 Å². The maximum atomic E-state index is 13.7. The number of Topliss-reactive ketones (excluding diaryl/α,β-unsaturated/α-hetero) is 1. The molecule has 20 heavy (non-hydrogen) atoms. The zero-order valence-corrected chi connectivity index (χ0v) is 11.8. The number of hydrogen-bond acceptors (Lipinski definition) is 2. The molecular formula is C15H12ClFN2O. The average Bonchev–Trinajstić information content (AvgIpc) is 2.73. The van der Waals surface area contributed by atoms with Crippen LogP contribution in [0.25, 0.3) is 5.69 Å². The number of alkyl halides is 1. The van der Waals surface area contributed by atoms with Crippen molar-refractivity contribution in [2.24, 2.45) is 0 Å². The van der Waals surface area contributed by atoms with Gasteiger partial charge in [0.1, 0.15) is 11.9 Å². The van der Waals surface area contributed by atoms with Crippen molar-refractivity contribution in [2.75, 3.05) is 5.88 Å². The van der Waals surface area contributed by atoms with Crippen LogP contribution in [0.1, 0.15) is 27.3 Å². The summed E-state index contributed by atoms with van der Waals surface area (Å²) in [7, 11) is 0. The molecule has 0 aliphatic rings. The van der Waals surface area contributed by atoms with Crippen LogP contribution in [-0.4, -0.2) is 16.2 Å². The van der Waals surface area contributed by atoms with Gasteiger partial charge in [-0.15, -0.1) is 11.6 Å². The molecule has 5 heteroatoms. The van der Waals surface area contributed by atoms with Gasteiger partial charge in [-0.05, 0) is 38.1 Å². The van der Waals surface area contributed by atoms with Crippen LogP contribution in [0, 0.1) is 31.0 Å². The van der Waals surface area contributed by atoms with E-state index in [0.717, 1.165) is 5.69 Å². The average molecular weight is 291 g/mol.